The molecule has 0 bridgehead atoms. The van der Waals surface area contributed by atoms with Crippen molar-refractivity contribution in [1.82, 2.24) is 25.3 Å². The van der Waals surface area contributed by atoms with Crippen LogP contribution in [-0.2, 0) is 11.3 Å². The second-order valence-electron chi connectivity index (χ2n) is 10.7. The van der Waals surface area contributed by atoms with E-state index in [-0.39, 0.29) is 11.9 Å². The second kappa shape index (κ2) is 12.7. The molecule has 2 aromatic carbocycles. The monoisotopic (exact) mass is 555 g/mol. The number of urea groups is 1. The Balaban J connectivity index is 1.26. The largest absolute Gasteiger partial charge is 0.378 e. The molecule has 0 unspecified atom stereocenters. The first-order valence-electron chi connectivity index (χ1n) is 14.6. The highest BCUT2D eigenvalue weighted by Gasteiger charge is 2.29. The Bertz CT molecular complexity index is 1440. The Hall–Kier alpha value is -4.02. The molecule has 2 aromatic heterocycles. The summed E-state index contributed by atoms with van der Waals surface area (Å²) in [6, 6.07) is 18.0. The molecule has 10 heteroatoms. The van der Waals surface area contributed by atoms with Crippen LogP contribution in [0.3, 0.4) is 0 Å². The van der Waals surface area contributed by atoms with Crippen molar-refractivity contribution >= 4 is 28.6 Å². The van der Waals surface area contributed by atoms with E-state index in [1.165, 1.54) is 5.56 Å². The van der Waals surface area contributed by atoms with E-state index in [1.807, 2.05) is 31.2 Å². The van der Waals surface area contributed by atoms with Gasteiger partial charge in [-0.1, -0.05) is 42.4 Å². The molecule has 0 spiro atoms. The van der Waals surface area contributed by atoms with E-state index < -0.39 is 0 Å². The normalized spacial score (nSPS) is 16.7. The van der Waals surface area contributed by atoms with E-state index in [4.69, 9.17) is 19.2 Å². The minimum Gasteiger partial charge on any atom is -0.378 e. The lowest BCUT2D eigenvalue weighted by molar-refractivity contribution is 0.122. The average Bonchev–Trinajstić information content (AvgIpc) is 3.45. The maximum atomic E-state index is 12.1. The van der Waals surface area contributed by atoms with Crippen molar-refractivity contribution in [2.75, 3.05) is 56.2 Å². The number of anilines is 2. The van der Waals surface area contributed by atoms with Gasteiger partial charge in [-0.3, -0.25) is 4.90 Å². The van der Waals surface area contributed by atoms with Gasteiger partial charge >= 0.3 is 6.03 Å². The molecule has 2 fully saturated rings. The van der Waals surface area contributed by atoms with Gasteiger partial charge in [-0.25, -0.2) is 14.8 Å². The van der Waals surface area contributed by atoms with Crippen molar-refractivity contribution in [2.24, 2.45) is 0 Å². The predicted molar refractivity (Wildman–Crippen MR) is 159 cm³/mol. The Morgan fingerprint density at radius 3 is 2.46 bits per heavy atom. The zero-order valence-electron chi connectivity index (χ0n) is 23.5. The Kier molecular flexibility index (Phi) is 8.39. The van der Waals surface area contributed by atoms with Crippen LogP contribution in [0.1, 0.15) is 43.4 Å². The van der Waals surface area contributed by atoms with E-state index in [0.29, 0.717) is 36.9 Å². The topological polar surface area (TPSA) is 109 Å². The zero-order valence-corrected chi connectivity index (χ0v) is 23.5. The van der Waals surface area contributed by atoms with Gasteiger partial charge < -0.3 is 24.8 Å². The van der Waals surface area contributed by atoms with Crippen molar-refractivity contribution in [3.63, 3.8) is 0 Å². The first-order valence-corrected chi connectivity index (χ1v) is 14.6. The number of benzene rings is 2. The van der Waals surface area contributed by atoms with Crippen molar-refractivity contribution < 1.29 is 14.1 Å². The molecular weight excluding hydrogens is 518 g/mol. The number of carbonyl (C=O) groups is 1. The van der Waals surface area contributed by atoms with Crippen molar-refractivity contribution in [3.8, 4) is 11.4 Å². The standard InChI is InChI=1S/C31H37N7O3/c1-2-14-32-31(39)33-25-10-8-24(9-11-25)29-34-27-26(36-41-28(27)30(35-29)38-17-19-40-20-18-38)23-12-15-37(16-13-23)21-22-6-4-3-5-7-22/h3-11,23H,2,12-21H2,1H3,(H2,32,33,39). The number of hydrogen-bond donors (Lipinski definition) is 2. The number of hydrogen-bond acceptors (Lipinski definition) is 8. The van der Waals surface area contributed by atoms with Gasteiger partial charge in [-0.2, -0.15) is 0 Å². The number of nitrogens with zero attached hydrogens (tertiary/aromatic N) is 5. The molecule has 10 nitrogen and oxygen atoms in total. The molecule has 0 atom stereocenters. The zero-order chi connectivity index (χ0) is 28.0. The Morgan fingerprint density at radius 1 is 0.976 bits per heavy atom. The number of morpholine rings is 1. The van der Waals surface area contributed by atoms with Crippen LogP contribution in [0.4, 0.5) is 16.3 Å². The molecule has 4 aromatic rings. The fourth-order valence-electron chi connectivity index (χ4n) is 5.54. The van der Waals surface area contributed by atoms with E-state index in [1.54, 1.807) is 0 Å². The number of ether oxygens (including phenoxy) is 1. The number of aromatic nitrogens is 3. The van der Waals surface area contributed by atoms with E-state index in [2.05, 4.69) is 55.9 Å². The number of likely N-dealkylation sites (tertiary alicyclic amines) is 1. The number of amides is 2. The van der Waals surface area contributed by atoms with Gasteiger partial charge in [0.25, 0.3) is 0 Å². The smallest absolute Gasteiger partial charge is 0.319 e. The highest BCUT2D eigenvalue weighted by molar-refractivity contribution is 5.90. The van der Waals surface area contributed by atoms with Crippen LogP contribution >= 0.6 is 0 Å². The molecule has 2 aliphatic heterocycles. The van der Waals surface area contributed by atoms with Crippen LogP contribution in [0, 0.1) is 0 Å². The number of rotatable bonds is 8. The molecule has 4 heterocycles. The van der Waals surface area contributed by atoms with Crippen molar-refractivity contribution in [2.45, 2.75) is 38.6 Å². The van der Waals surface area contributed by atoms with Gasteiger partial charge in [0, 0.05) is 43.3 Å². The highest BCUT2D eigenvalue weighted by Crippen LogP contribution is 2.36. The average molecular weight is 556 g/mol. The summed E-state index contributed by atoms with van der Waals surface area (Å²) in [7, 11) is 0. The summed E-state index contributed by atoms with van der Waals surface area (Å²) >= 11 is 0. The Labute approximate surface area is 240 Å². The highest BCUT2D eigenvalue weighted by atomic mass is 16.5. The fraction of sp³-hybridized carbons (Fsp3) is 0.419. The molecule has 2 aliphatic rings. The summed E-state index contributed by atoms with van der Waals surface area (Å²) in [5.74, 6) is 1.65. The van der Waals surface area contributed by atoms with Crippen LogP contribution in [-0.4, -0.2) is 72.0 Å². The van der Waals surface area contributed by atoms with Crippen LogP contribution in [0.2, 0.25) is 0 Å². The number of piperidine rings is 1. The second-order valence-corrected chi connectivity index (χ2v) is 10.7. The Morgan fingerprint density at radius 2 is 1.73 bits per heavy atom. The lowest BCUT2D eigenvalue weighted by atomic mass is 9.92. The lowest BCUT2D eigenvalue weighted by Gasteiger charge is -2.31. The summed E-state index contributed by atoms with van der Waals surface area (Å²) in [5.41, 5.74) is 5.27. The van der Waals surface area contributed by atoms with Crippen molar-refractivity contribution in [1.29, 1.82) is 0 Å². The summed E-state index contributed by atoms with van der Waals surface area (Å²) in [6.07, 6.45) is 2.89. The molecule has 2 amide bonds. The van der Waals surface area contributed by atoms with Gasteiger partial charge in [0.05, 0.1) is 13.2 Å². The third-order valence-electron chi connectivity index (χ3n) is 7.80. The molecule has 0 radical (unpaired) electrons. The quantitative estimate of drug-likeness (QED) is 0.312. The summed E-state index contributed by atoms with van der Waals surface area (Å²) in [6.45, 7) is 8.37. The van der Waals surface area contributed by atoms with Gasteiger partial charge in [0.1, 0.15) is 11.2 Å². The molecule has 214 valence electrons. The van der Waals surface area contributed by atoms with Crippen LogP contribution < -0.4 is 15.5 Å². The molecule has 0 aliphatic carbocycles. The molecule has 0 saturated carbocycles. The number of nitrogens with one attached hydrogen (secondary N) is 2. The SMILES string of the molecule is CCCNC(=O)Nc1ccc(-c2nc(N3CCOCC3)c3onc(C4CCN(Cc5ccccc5)CC4)c3n2)cc1. The van der Waals surface area contributed by atoms with Crippen LogP contribution in [0.5, 0.6) is 0 Å². The van der Waals surface area contributed by atoms with E-state index in [0.717, 1.165) is 74.6 Å². The lowest BCUT2D eigenvalue weighted by Crippen LogP contribution is -2.37. The van der Waals surface area contributed by atoms with Gasteiger partial charge in [0.15, 0.2) is 11.6 Å². The fourth-order valence-corrected chi connectivity index (χ4v) is 5.54. The third kappa shape index (κ3) is 6.34. The molecule has 6 rings (SSSR count). The number of fused-ring (bicyclic) bond motifs is 1. The maximum Gasteiger partial charge on any atom is 0.319 e. The number of carbonyl (C=O) groups excluding carboxylic acids is 1. The van der Waals surface area contributed by atoms with Gasteiger partial charge in [-0.15, -0.1) is 0 Å². The van der Waals surface area contributed by atoms with Crippen LogP contribution in [0.25, 0.3) is 22.5 Å². The van der Waals surface area contributed by atoms with Crippen molar-refractivity contribution in [3.05, 3.63) is 65.9 Å². The van der Waals surface area contributed by atoms with E-state index in [9.17, 15) is 4.79 Å². The first kappa shape index (κ1) is 27.2. The summed E-state index contributed by atoms with van der Waals surface area (Å²) in [4.78, 5) is 26.8. The summed E-state index contributed by atoms with van der Waals surface area (Å²) in [5, 5.41) is 10.3. The van der Waals surface area contributed by atoms with Gasteiger partial charge in [-0.05, 0) is 62.2 Å². The van der Waals surface area contributed by atoms with Gasteiger partial charge in [0.2, 0.25) is 5.58 Å². The third-order valence-corrected chi connectivity index (χ3v) is 7.80. The molecule has 2 N–H and O–H groups in total. The molecular formula is C31H37N7O3. The van der Waals surface area contributed by atoms with Crippen LogP contribution in [0.15, 0.2) is 59.1 Å². The minimum absolute atomic E-state index is 0.212. The molecule has 2 saturated heterocycles. The summed E-state index contributed by atoms with van der Waals surface area (Å²) < 4.78 is 11.6. The minimum atomic E-state index is -0.212. The molecule has 41 heavy (non-hydrogen) atoms. The first-order chi connectivity index (χ1) is 20.2. The predicted octanol–water partition coefficient (Wildman–Crippen LogP) is 5.03. The van der Waals surface area contributed by atoms with E-state index >= 15 is 0 Å². The maximum absolute atomic E-state index is 12.1.